The summed E-state index contributed by atoms with van der Waals surface area (Å²) in [4.78, 5) is 0. The number of rotatable bonds is 9. The highest BCUT2D eigenvalue weighted by molar-refractivity contribution is 5.57. The molecule has 1 aromatic rings. The second-order valence-corrected chi connectivity index (χ2v) is 9.98. The first-order valence-electron chi connectivity index (χ1n) is 12.8. The summed E-state index contributed by atoms with van der Waals surface area (Å²) in [6.07, 6.45) is 20.2. The fourth-order valence-corrected chi connectivity index (χ4v) is 5.87. The van der Waals surface area contributed by atoms with Crippen molar-refractivity contribution in [3.05, 3.63) is 34.9 Å². The first-order valence-corrected chi connectivity index (χ1v) is 12.8. The zero-order valence-corrected chi connectivity index (χ0v) is 19.9. The molecule has 174 valence electrons. The molecule has 0 bridgehead atoms. The van der Waals surface area contributed by atoms with Gasteiger partial charge in [-0.1, -0.05) is 57.6 Å². The lowest BCUT2D eigenvalue weighted by molar-refractivity contribution is 0.151. The van der Waals surface area contributed by atoms with Crippen LogP contribution in [0.5, 0.6) is 5.75 Å². The second kappa shape index (κ2) is 12.0. The van der Waals surface area contributed by atoms with Crippen LogP contribution in [0.25, 0.3) is 6.08 Å². The lowest BCUT2D eigenvalue weighted by atomic mass is 9.68. The molecule has 2 aliphatic rings. The van der Waals surface area contributed by atoms with Crippen molar-refractivity contribution >= 4 is 6.08 Å². The zero-order valence-electron chi connectivity index (χ0n) is 19.9. The lowest BCUT2D eigenvalue weighted by Gasteiger charge is -2.37. The van der Waals surface area contributed by atoms with Crippen LogP contribution in [0.2, 0.25) is 0 Å². The van der Waals surface area contributed by atoms with Gasteiger partial charge < -0.3 is 4.74 Å². The Morgan fingerprint density at radius 2 is 1.55 bits per heavy atom. The molecule has 2 aliphatic carbocycles. The molecule has 0 aliphatic heterocycles. The minimum Gasteiger partial charge on any atom is -0.491 e. The Hall–Kier alpha value is -1.38. The molecule has 3 heteroatoms. The molecular formula is C28H42F2O. The highest BCUT2D eigenvalue weighted by Gasteiger charge is 2.30. The van der Waals surface area contributed by atoms with Gasteiger partial charge in [-0.05, 0) is 87.7 Å². The second-order valence-electron chi connectivity index (χ2n) is 9.98. The Labute approximate surface area is 188 Å². The number of halogens is 2. The van der Waals surface area contributed by atoms with Gasteiger partial charge in [-0.15, -0.1) is 0 Å². The molecule has 0 spiro atoms. The summed E-state index contributed by atoms with van der Waals surface area (Å²) in [6, 6.07) is 1.61. The van der Waals surface area contributed by atoms with E-state index in [4.69, 9.17) is 4.74 Å². The normalized spacial score (nSPS) is 27.0. The van der Waals surface area contributed by atoms with Crippen molar-refractivity contribution < 1.29 is 13.5 Å². The number of aryl methyl sites for hydroxylation is 1. The first-order chi connectivity index (χ1) is 15.0. The third-order valence-electron chi connectivity index (χ3n) is 7.84. The highest BCUT2D eigenvalue weighted by atomic mass is 19.2. The maximum Gasteiger partial charge on any atom is 0.201 e. The fourth-order valence-electron chi connectivity index (χ4n) is 5.87. The van der Waals surface area contributed by atoms with Gasteiger partial charge in [-0.3, -0.25) is 0 Å². The van der Waals surface area contributed by atoms with Crippen LogP contribution >= 0.6 is 0 Å². The molecule has 0 aromatic heterocycles. The molecular weight excluding hydrogens is 390 g/mol. The van der Waals surface area contributed by atoms with Crippen molar-refractivity contribution in [3.8, 4) is 5.75 Å². The number of ether oxygens (including phenoxy) is 1. The molecule has 0 unspecified atom stereocenters. The van der Waals surface area contributed by atoms with Gasteiger partial charge in [0.15, 0.2) is 11.6 Å². The quantitative estimate of drug-likeness (QED) is 0.354. The van der Waals surface area contributed by atoms with Gasteiger partial charge in [-0.2, -0.15) is 4.39 Å². The summed E-state index contributed by atoms with van der Waals surface area (Å²) in [7, 11) is 0. The Morgan fingerprint density at radius 1 is 0.903 bits per heavy atom. The predicted octanol–water partition coefficient (Wildman–Crippen LogP) is 8.88. The Kier molecular flexibility index (Phi) is 9.41. The van der Waals surface area contributed by atoms with E-state index in [2.05, 4.69) is 13.0 Å². The summed E-state index contributed by atoms with van der Waals surface area (Å²) in [6.45, 7) is 6.21. The van der Waals surface area contributed by atoms with Gasteiger partial charge in [0.1, 0.15) is 0 Å². The van der Waals surface area contributed by atoms with E-state index >= 15 is 0 Å². The first kappa shape index (κ1) is 24.3. The number of hydrogen-bond donors (Lipinski definition) is 0. The van der Waals surface area contributed by atoms with Gasteiger partial charge in [0.2, 0.25) is 5.82 Å². The standard InChI is InChI=1S/C28H42F2O/c1-4-6-7-8-21-9-14-23(15-10-21)24-16-11-22(12-17-24)13-18-25-20(3)19-26(31-5-2)28(30)27(25)29/h13,18-19,21-24H,4-12,14-17H2,1-3H3/b18-13+. The van der Waals surface area contributed by atoms with E-state index in [1.807, 2.05) is 6.92 Å². The monoisotopic (exact) mass is 432 g/mol. The Balaban J connectivity index is 1.48. The van der Waals surface area contributed by atoms with Crippen molar-refractivity contribution in [1.82, 2.24) is 0 Å². The third kappa shape index (κ3) is 6.56. The van der Waals surface area contributed by atoms with Crippen LogP contribution in [-0.4, -0.2) is 6.61 Å². The number of benzene rings is 1. The van der Waals surface area contributed by atoms with Gasteiger partial charge >= 0.3 is 0 Å². The van der Waals surface area contributed by atoms with E-state index in [0.29, 0.717) is 18.1 Å². The van der Waals surface area contributed by atoms with E-state index in [-0.39, 0.29) is 5.75 Å². The smallest absolute Gasteiger partial charge is 0.201 e. The van der Waals surface area contributed by atoms with Crippen LogP contribution in [-0.2, 0) is 0 Å². The molecule has 3 rings (SSSR count). The molecule has 0 heterocycles. The molecule has 0 amide bonds. The summed E-state index contributed by atoms with van der Waals surface area (Å²) in [5.74, 6) is 1.61. The molecule has 0 radical (unpaired) electrons. The SMILES string of the molecule is CCCCCC1CCC(C2CCC(/C=C/c3c(C)cc(OCC)c(F)c3F)CC2)CC1. The molecule has 2 saturated carbocycles. The van der Waals surface area contributed by atoms with Gasteiger partial charge in [0.25, 0.3) is 0 Å². The minimum atomic E-state index is -0.874. The summed E-state index contributed by atoms with van der Waals surface area (Å²) in [5, 5.41) is 0. The van der Waals surface area contributed by atoms with E-state index < -0.39 is 11.6 Å². The number of hydrogen-bond acceptors (Lipinski definition) is 1. The van der Waals surface area contributed by atoms with Crippen LogP contribution in [0, 0.1) is 42.2 Å². The highest BCUT2D eigenvalue weighted by Crippen LogP contribution is 2.42. The fraction of sp³-hybridized carbons (Fsp3) is 0.714. The van der Waals surface area contributed by atoms with Gasteiger partial charge in [-0.25, -0.2) is 4.39 Å². The van der Waals surface area contributed by atoms with E-state index in [9.17, 15) is 8.78 Å². The zero-order chi connectivity index (χ0) is 22.2. The molecule has 1 aromatic carbocycles. The van der Waals surface area contributed by atoms with Gasteiger partial charge in [0.05, 0.1) is 6.61 Å². The van der Waals surface area contributed by atoms with Crippen molar-refractivity contribution in [2.24, 2.45) is 23.7 Å². The predicted molar refractivity (Wildman–Crippen MR) is 126 cm³/mol. The lowest BCUT2D eigenvalue weighted by Crippen LogP contribution is -2.25. The maximum absolute atomic E-state index is 14.5. The largest absolute Gasteiger partial charge is 0.491 e. The summed E-state index contributed by atoms with van der Waals surface area (Å²) >= 11 is 0. The summed E-state index contributed by atoms with van der Waals surface area (Å²) < 4.78 is 34.0. The molecule has 0 N–H and O–H groups in total. The van der Waals surface area contributed by atoms with Crippen LogP contribution in [0.3, 0.4) is 0 Å². The van der Waals surface area contributed by atoms with E-state index in [1.54, 1.807) is 19.1 Å². The van der Waals surface area contributed by atoms with Crippen molar-refractivity contribution in [2.75, 3.05) is 6.61 Å². The van der Waals surface area contributed by atoms with Crippen LogP contribution < -0.4 is 4.74 Å². The molecule has 31 heavy (non-hydrogen) atoms. The Bertz CT molecular complexity index is 710. The molecule has 1 nitrogen and oxygen atoms in total. The van der Waals surface area contributed by atoms with Crippen LogP contribution in [0.4, 0.5) is 8.78 Å². The summed E-state index contributed by atoms with van der Waals surface area (Å²) in [5.41, 5.74) is 1.09. The van der Waals surface area contributed by atoms with Crippen LogP contribution in [0.1, 0.15) is 102 Å². The molecule has 2 fully saturated rings. The Morgan fingerprint density at radius 3 is 2.16 bits per heavy atom. The average Bonchev–Trinajstić information content (AvgIpc) is 2.78. The van der Waals surface area contributed by atoms with E-state index in [1.165, 1.54) is 77.0 Å². The van der Waals surface area contributed by atoms with Crippen molar-refractivity contribution in [3.63, 3.8) is 0 Å². The maximum atomic E-state index is 14.5. The third-order valence-corrected chi connectivity index (χ3v) is 7.84. The van der Waals surface area contributed by atoms with Crippen LogP contribution in [0.15, 0.2) is 12.1 Å². The number of unbranched alkanes of at least 4 members (excludes halogenated alkanes) is 2. The molecule has 0 atom stereocenters. The topological polar surface area (TPSA) is 9.23 Å². The minimum absolute atomic E-state index is 0.00948. The van der Waals surface area contributed by atoms with E-state index in [0.717, 1.165) is 23.3 Å². The van der Waals surface area contributed by atoms with Crippen molar-refractivity contribution in [1.29, 1.82) is 0 Å². The van der Waals surface area contributed by atoms with Crippen molar-refractivity contribution in [2.45, 2.75) is 97.8 Å². The molecule has 0 saturated heterocycles. The van der Waals surface area contributed by atoms with Gasteiger partial charge in [0, 0.05) is 5.56 Å². The number of allylic oxidation sites excluding steroid dienone is 1. The average molecular weight is 433 g/mol.